The van der Waals surface area contributed by atoms with Gasteiger partial charge in [-0.15, -0.1) is 0 Å². The molecule has 0 aliphatic heterocycles. The van der Waals surface area contributed by atoms with Crippen molar-refractivity contribution >= 4 is 11.4 Å². The van der Waals surface area contributed by atoms with E-state index < -0.39 is 0 Å². The Labute approximate surface area is 177 Å². The molecule has 2 nitrogen and oxygen atoms in total. The van der Waals surface area contributed by atoms with E-state index >= 15 is 0 Å². The Bertz CT molecular complexity index is 1270. The van der Waals surface area contributed by atoms with Crippen molar-refractivity contribution in [3.05, 3.63) is 108 Å². The van der Waals surface area contributed by atoms with Crippen molar-refractivity contribution in [2.75, 3.05) is 5.32 Å². The number of anilines is 2. The maximum atomic E-state index is 8.96. The van der Waals surface area contributed by atoms with Crippen LogP contribution in [0.1, 0.15) is 30.5 Å². The Balaban J connectivity index is 1.41. The van der Waals surface area contributed by atoms with Gasteiger partial charge >= 0.3 is 0 Å². The zero-order valence-electron chi connectivity index (χ0n) is 17.1. The van der Waals surface area contributed by atoms with Crippen LogP contribution < -0.4 is 5.32 Å². The summed E-state index contributed by atoms with van der Waals surface area (Å²) < 4.78 is 0. The summed E-state index contributed by atoms with van der Waals surface area (Å²) in [4.78, 5) is 0. The number of nitrogens with zero attached hydrogens (tertiary/aromatic N) is 1. The molecule has 0 heterocycles. The third-order valence-electron chi connectivity index (χ3n) is 6.10. The third-order valence-corrected chi connectivity index (χ3v) is 6.10. The first kappa shape index (κ1) is 18.2. The number of benzene rings is 4. The van der Waals surface area contributed by atoms with Crippen LogP contribution in [0.3, 0.4) is 0 Å². The quantitative estimate of drug-likeness (QED) is 0.402. The highest BCUT2D eigenvalue weighted by Crippen LogP contribution is 2.49. The highest BCUT2D eigenvalue weighted by atomic mass is 14.9. The van der Waals surface area contributed by atoms with E-state index in [1.54, 1.807) is 0 Å². The predicted molar refractivity (Wildman–Crippen MR) is 124 cm³/mol. The first-order chi connectivity index (χ1) is 14.6. The van der Waals surface area contributed by atoms with Crippen LogP contribution in [0.25, 0.3) is 22.3 Å². The van der Waals surface area contributed by atoms with Gasteiger partial charge in [0, 0.05) is 16.8 Å². The molecule has 0 fully saturated rings. The van der Waals surface area contributed by atoms with Crippen molar-refractivity contribution in [2.24, 2.45) is 0 Å². The van der Waals surface area contributed by atoms with Crippen LogP contribution in [0.5, 0.6) is 0 Å². The number of hydrogen-bond donors (Lipinski definition) is 1. The van der Waals surface area contributed by atoms with E-state index in [0.717, 1.165) is 22.5 Å². The smallest absolute Gasteiger partial charge is 0.0991 e. The zero-order valence-corrected chi connectivity index (χ0v) is 17.1. The Kier molecular flexibility index (Phi) is 4.19. The van der Waals surface area contributed by atoms with E-state index in [2.05, 4.69) is 92.0 Å². The lowest BCUT2D eigenvalue weighted by Crippen LogP contribution is -2.15. The summed E-state index contributed by atoms with van der Waals surface area (Å²) in [5, 5.41) is 12.5. The number of nitrogens with one attached hydrogen (secondary N) is 1. The molecule has 4 aromatic rings. The van der Waals surface area contributed by atoms with Gasteiger partial charge in [-0.1, -0.05) is 68.4 Å². The highest BCUT2D eigenvalue weighted by Gasteiger charge is 2.35. The highest BCUT2D eigenvalue weighted by molar-refractivity contribution is 5.83. The van der Waals surface area contributed by atoms with Gasteiger partial charge < -0.3 is 5.32 Å². The van der Waals surface area contributed by atoms with E-state index in [-0.39, 0.29) is 5.41 Å². The first-order valence-electron chi connectivity index (χ1n) is 10.2. The molecule has 1 aliphatic rings. The Morgan fingerprint density at radius 1 is 0.667 bits per heavy atom. The van der Waals surface area contributed by atoms with Crippen LogP contribution in [0.2, 0.25) is 0 Å². The van der Waals surface area contributed by atoms with Crippen LogP contribution in [0.15, 0.2) is 91.0 Å². The zero-order chi connectivity index (χ0) is 20.7. The molecule has 2 heteroatoms. The maximum absolute atomic E-state index is 8.96. The molecule has 0 aromatic heterocycles. The maximum Gasteiger partial charge on any atom is 0.0991 e. The molecule has 0 saturated carbocycles. The molecule has 5 rings (SSSR count). The van der Waals surface area contributed by atoms with Gasteiger partial charge in [0.05, 0.1) is 11.6 Å². The van der Waals surface area contributed by atoms with E-state index in [1.807, 2.05) is 24.3 Å². The van der Waals surface area contributed by atoms with E-state index in [4.69, 9.17) is 5.26 Å². The van der Waals surface area contributed by atoms with Gasteiger partial charge in [-0.3, -0.25) is 0 Å². The fourth-order valence-electron chi connectivity index (χ4n) is 4.43. The van der Waals surface area contributed by atoms with Crippen LogP contribution in [-0.4, -0.2) is 0 Å². The van der Waals surface area contributed by atoms with Crippen molar-refractivity contribution in [1.82, 2.24) is 0 Å². The normalized spacial score (nSPS) is 13.2. The number of rotatable bonds is 3. The fourth-order valence-corrected chi connectivity index (χ4v) is 4.43. The van der Waals surface area contributed by atoms with E-state index in [9.17, 15) is 0 Å². The molecule has 30 heavy (non-hydrogen) atoms. The second-order valence-electron chi connectivity index (χ2n) is 8.32. The predicted octanol–water partition coefficient (Wildman–Crippen LogP) is 7.28. The molecule has 0 bridgehead atoms. The molecule has 144 valence electrons. The molecule has 1 N–H and O–H groups in total. The average Bonchev–Trinajstić information content (AvgIpc) is 3.01. The van der Waals surface area contributed by atoms with Gasteiger partial charge in [-0.25, -0.2) is 0 Å². The lowest BCUT2D eigenvalue weighted by atomic mass is 9.82. The van der Waals surface area contributed by atoms with E-state index in [0.29, 0.717) is 5.56 Å². The molecule has 0 unspecified atom stereocenters. The summed E-state index contributed by atoms with van der Waals surface area (Å²) in [5.41, 5.74) is 10.5. The van der Waals surface area contributed by atoms with Gasteiger partial charge in [0.25, 0.3) is 0 Å². The lowest BCUT2D eigenvalue weighted by Gasteiger charge is -2.22. The summed E-state index contributed by atoms with van der Waals surface area (Å²) in [6.45, 7) is 4.60. The van der Waals surface area contributed by atoms with Crippen molar-refractivity contribution in [2.45, 2.75) is 19.3 Å². The summed E-state index contributed by atoms with van der Waals surface area (Å²) in [6.07, 6.45) is 0. The standard InChI is InChI=1S/C28H22N2/c1-28(2)26-6-4-3-5-24(26)25-16-15-23(17-27(25)28)30-22-13-11-21(12-14-22)20-9-7-19(18-29)8-10-20/h3-17,30H,1-2H3. The van der Waals surface area contributed by atoms with Crippen molar-refractivity contribution in [1.29, 1.82) is 5.26 Å². The second kappa shape index (κ2) is 6.90. The molecule has 0 atom stereocenters. The molecule has 0 spiro atoms. The molecule has 1 aliphatic carbocycles. The van der Waals surface area contributed by atoms with Gasteiger partial charge in [0.1, 0.15) is 0 Å². The average molecular weight is 386 g/mol. The van der Waals surface area contributed by atoms with Crippen LogP contribution in [0.4, 0.5) is 11.4 Å². The molecule has 0 saturated heterocycles. The number of nitriles is 1. The Morgan fingerprint density at radius 3 is 1.97 bits per heavy atom. The second-order valence-corrected chi connectivity index (χ2v) is 8.32. The number of hydrogen-bond acceptors (Lipinski definition) is 2. The van der Waals surface area contributed by atoms with Gasteiger partial charge in [-0.05, 0) is 69.8 Å². The fraction of sp³-hybridized carbons (Fsp3) is 0.107. The first-order valence-corrected chi connectivity index (χ1v) is 10.2. The Hall–Kier alpha value is -3.83. The molecule has 4 aromatic carbocycles. The summed E-state index contributed by atoms with van der Waals surface area (Å²) in [7, 11) is 0. The van der Waals surface area contributed by atoms with E-state index in [1.165, 1.54) is 22.3 Å². The summed E-state index contributed by atoms with van der Waals surface area (Å²) >= 11 is 0. The van der Waals surface area contributed by atoms with Crippen LogP contribution in [0, 0.1) is 11.3 Å². The van der Waals surface area contributed by atoms with Gasteiger partial charge in [0.2, 0.25) is 0 Å². The van der Waals surface area contributed by atoms with Gasteiger partial charge in [-0.2, -0.15) is 5.26 Å². The minimum Gasteiger partial charge on any atom is -0.356 e. The summed E-state index contributed by atoms with van der Waals surface area (Å²) in [5.74, 6) is 0. The topological polar surface area (TPSA) is 35.8 Å². The SMILES string of the molecule is CC1(C)c2ccccc2-c2ccc(Nc3ccc(-c4ccc(C#N)cc4)cc3)cc21. The minimum atomic E-state index is 0.00304. The monoisotopic (exact) mass is 386 g/mol. The van der Waals surface area contributed by atoms with Crippen molar-refractivity contribution < 1.29 is 0 Å². The molecular weight excluding hydrogens is 364 g/mol. The Morgan fingerprint density at radius 2 is 1.27 bits per heavy atom. The largest absolute Gasteiger partial charge is 0.356 e. The molecule has 0 radical (unpaired) electrons. The van der Waals surface area contributed by atoms with Crippen molar-refractivity contribution in [3.63, 3.8) is 0 Å². The van der Waals surface area contributed by atoms with Crippen LogP contribution >= 0.6 is 0 Å². The van der Waals surface area contributed by atoms with Gasteiger partial charge in [0.15, 0.2) is 0 Å². The summed E-state index contributed by atoms with van der Waals surface area (Å²) in [6, 6.07) is 33.6. The third kappa shape index (κ3) is 2.96. The van der Waals surface area contributed by atoms with Crippen LogP contribution in [-0.2, 0) is 5.41 Å². The lowest BCUT2D eigenvalue weighted by molar-refractivity contribution is 0.660. The molecule has 0 amide bonds. The molecular formula is C28H22N2. The minimum absolute atomic E-state index is 0.00304. The number of fused-ring (bicyclic) bond motifs is 3. The van der Waals surface area contributed by atoms with Crippen molar-refractivity contribution in [3.8, 4) is 28.3 Å².